The molecular formula is C22H25NO3S. The molecule has 142 valence electrons. The molecule has 4 nitrogen and oxygen atoms in total. The highest BCUT2D eigenvalue weighted by Gasteiger charge is 2.46. The number of methoxy groups -OCH3 is 1. The van der Waals surface area contributed by atoms with Crippen LogP contribution in [-0.4, -0.2) is 28.8 Å². The summed E-state index contributed by atoms with van der Waals surface area (Å²) in [4.78, 5) is 15.4. The van der Waals surface area contributed by atoms with Crippen molar-refractivity contribution in [1.29, 1.82) is 0 Å². The zero-order valence-corrected chi connectivity index (χ0v) is 16.4. The third-order valence-electron chi connectivity index (χ3n) is 6.11. The van der Waals surface area contributed by atoms with E-state index in [4.69, 9.17) is 9.84 Å². The molecule has 1 heterocycles. The topological polar surface area (TPSA) is 59.4 Å². The SMILES string of the molecule is COC1(C2CCCC2)C=CC(CCC(=O)O)=CC1c1ccc2ncsc2c1. The summed E-state index contributed by atoms with van der Waals surface area (Å²) >= 11 is 1.65. The fraction of sp³-hybridized carbons (Fsp3) is 0.455. The molecule has 1 saturated carbocycles. The van der Waals surface area contributed by atoms with Crippen LogP contribution in [0.5, 0.6) is 0 Å². The molecule has 1 aromatic carbocycles. The van der Waals surface area contributed by atoms with Gasteiger partial charge in [-0.25, -0.2) is 4.98 Å². The second-order valence-electron chi connectivity index (χ2n) is 7.56. The number of aliphatic carboxylic acids is 1. The molecule has 0 saturated heterocycles. The van der Waals surface area contributed by atoms with Crippen molar-refractivity contribution in [2.75, 3.05) is 7.11 Å². The second kappa shape index (κ2) is 7.56. The first-order valence-corrected chi connectivity index (χ1v) is 10.5. The van der Waals surface area contributed by atoms with E-state index in [1.54, 1.807) is 11.3 Å². The van der Waals surface area contributed by atoms with E-state index in [0.717, 1.165) is 11.1 Å². The quantitative estimate of drug-likeness (QED) is 0.734. The van der Waals surface area contributed by atoms with Crippen LogP contribution in [0.3, 0.4) is 0 Å². The third kappa shape index (κ3) is 3.46. The molecular weight excluding hydrogens is 358 g/mol. The smallest absolute Gasteiger partial charge is 0.303 e. The number of nitrogens with zero attached hydrogens (tertiary/aromatic N) is 1. The lowest BCUT2D eigenvalue weighted by molar-refractivity contribution is -0.136. The van der Waals surface area contributed by atoms with Crippen LogP contribution in [0.1, 0.15) is 50.0 Å². The van der Waals surface area contributed by atoms with Gasteiger partial charge in [-0.05, 0) is 42.9 Å². The van der Waals surface area contributed by atoms with Crippen molar-refractivity contribution in [3.8, 4) is 0 Å². The van der Waals surface area contributed by atoms with Crippen molar-refractivity contribution >= 4 is 27.5 Å². The predicted octanol–water partition coefficient (Wildman–Crippen LogP) is 5.32. The van der Waals surface area contributed by atoms with Crippen LogP contribution in [-0.2, 0) is 9.53 Å². The summed E-state index contributed by atoms with van der Waals surface area (Å²) in [6.45, 7) is 0. The van der Waals surface area contributed by atoms with E-state index in [1.165, 1.54) is 35.9 Å². The number of benzene rings is 1. The van der Waals surface area contributed by atoms with E-state index in [-0.39, 0.29) is 17.9 Å². The van der Waals surface area contributed by atoms with Gasteiger partial charge >= 0.3 is 5.97 Å². The summed E-state index contributed by atoms with van der Waals surface area (Å²) in [5.74, 6) is -0.185. The maximum Gasteiger partial charge on any atom is 0.303 e. The van der Waals surface area contributed by atoms with Gasteiger partial charge in [0, 0.05) is 19.4 Å². The average Bonchev–Trinajstić information content (AvgIpc) is 3.37. The van der Waals surface area contributed by atoms with E-state index >= 15 is 0 Å². The number of allylic oxidation sites excluding steroid dienone is 2. The number of thiazole rings is 1. The number of fused-ring (bicyclic) bond motifs is 1. The van der Waals surface area contributed by atoms with E-state index in [2.05, 4.69) is 41.4 Å². The summed E-state index contributed by atoms with van der Waals surface area (Å²) in [5, 5.41) is 9.06. The minimum atomic E-state index is -0.758. The molecule has 0 radical (unpaired) electrons. The highest BCUT2D eigenvalue weighted by Crippen LogP contribution is 2.49. The Morgan fingerprint density at radius 2 is 2.19 bits per heavy atom. The number of aromatic nitrogens is 1. The van der Waals surface area contributed by atoms with Crippen LogP contribution >= 0.6 is 11.3 Å². The molecule has 2 unspecified atom stereocenters. The molecule has 1 N–H and O–H groups in total. The highest BCUT2D eigenvalue weighted by molar-refractivity contribution is 7.16. The molecule has 4 rings (SSSR count). The normalized spacial score (nSPS) is 25.8. The summed E-state index contributed by atoms with van der Waals surface area (Å²) < 4.78 is 7.42. The summed E-state index contributed by atoms with van der Waals surface area (Å²) in [6.07, 6.45) is 12.1. The fourth-order valence-corrected chi connectivity index (χ4v) is 5.43. The van der Waals surface area contributed by atoms with Gasteiger partial charge in [-0.15, -0.1) is 11.3 Å². The van der Waals surface area contributed by atoms with E-state index < -0.39 is 5.97 Å². The van der Waals surface area contributed by atoms with Gasteiger partial charge in [0.05, 0.1) is 21.3 Å². The zero-order chi connectivity index (χ0) is 18.9. The Labute approximate surface area is 163 Å². The lowest BCUT2D eigenvalue weighted by atomic mass is 9.69. The summed E-state index contributed by atoms with van der Waals surface area (Å²) in [6, 6.07) is 6.46. The first-order valence-electron chi connectivity index (χ1n) is 9.62. The predicted molar refractivity (Wildman–Crippen MR) is 108 cm³/mol. The Bertz CT molecular complexity index is 894. The lowest BCUT2D eigenvalue weighted by Gasteiger charge is -2.43. The molecule has 5 heteroatoms. The minimum Gasteiger partial charge on any atom is -0.481 e. The molecule has 0 bridgehead atoms. The van der Waals surface area contributed by atoms with Gasteiger partial charge < -0.3 is 9.84 Å². The summed E-state index contributed by atoms with van der Waals surface area (Å²) in [5.41, 5.74) is 4.84. The van der Waals surface area contributed by atoms with Crippen LogP contribution in [0.15, 0.2) is 47.5 Å². The number of hydrogen-bond acceptors (Lipinski definition) is 4. The van der Waals surface area contributed by atoms with Crippen molar-refractivity contribution in [2.45, 2.75) is 50.0 Å². The maximum absolute atomic E-state index is 11.0. The van der Waals surface area contributed by atoms with E-state index in [1.807, 2.05) is 12.6 Å². The maximum atomic E-state index is 11.0. The molecule has 27 heavy (non-hydrogen) atoms. The molecule has 1 fully saturated rings. The van der Waals surface area contributed by atoms with E-state index in [0.29, 0.717) is 12.3 Å². The first-order chi connectivity index (χ1) is 13.1. The molecule has 2 atom stereocenters. The number of carboxylic acid groups (broad SMARTS) is 1. The van der Waals surface area contributed by atoms with Gasteiger partial charge in [-0.1, -0.05) is 42.7 Å². The fourth-order valence-electron chi connectivity index (χ4n) is 4.71. The number of carboxylic acids is 1. The molecule has 0 aliphatic heterocycles. The van der Waals surface area contributed by atoms with Gasteiger partial charge in [0.15, 0.2) is 0 Å². The van der Waals surface area contributed by atoms with Crippen molar-refractivity contribution in [3.63, 3.8) is 0 Å². The van der Waals surface area contributed by atoms with Crippen molar-refractivity contribution in [2.24, 2.45) is 5.92 Å². The Kier molecular flexibility index (Phi) is 5.15. The molecule has 0 amide bonds. The molecule has 0 spiro atoms. The van der Waals surface area contributed by atoms with Crippen molar-refractivity contribution in [1.82, 2.24) is 4.98 Å². The van der Waals surface area contributed by atoms with Crippen molar-refractivity contribution < 1.29 is 14.6 Å². The molecule has 2 aliphatic rings. The summed E-state index contributed by atoms with van der Waals surface area (Å²) in [7, 11) is 1.82. The number of ether oxygens (including phenoxy) is 1. The largest absolute Gasteiger partial charge is 0.481 e. The Morgan fingerprint density at radius 1 is 1.37 bits per heavy atom. The Morgan fingerprint density at radius 3 is 2.93 bits per heavy atom. The van der Waals surface area contributed by atoms with Crippen LogP contribution in [0.25, 0.3) is 10.2 Å². The zero-order valence-electron chi connectivity index (χ0n) is 15.6. The Balaban J connectivity index is 1.76. The van der Waals surface area contributed by atoms with Crippen LogP contribution < -0.4 is 0 Å². The van der Waals surface area contributed by atoms with Gasteiger partial charge in [-0.2, -0.15) is 0 Å². The molecule has 1 aromatic heterocycles. The van der Waals surface area contributed by atoms with E-state index in [9.17, 15) is 4.79 Å². The van der Waals surface area contributed by atoms with Gasteiger partial charge in [0.25, 0.3) is 0 Å². The second-order valence-corrected chi connectivity index (χ2v) is 8.45. The number of rotatable bonds is 6. The third-order valence-corrected chi connectivity index (χ3v) is 6.91. The number of hydrogen-bond donors (Lipinski definition) is 1. The minimum absolute atomic E-state index is 0.0888. The molecule has 2 aliphatic carbocycles. The molecule has 2 aromatic rings. The van der Waals surface area contributed by atoms with Crippen molar-refractivity contribution in [3.05, 3.63) is 53.1 Å². The highest BCUT2D eigenvalue weighted by atomic mass is 32.1. The lowest BCUT2D eigenvalue weighted by Crippen LogP contribution is -2.43. The van der Waals surface area contributed by atoms with Crippen LogP contribution in [0.2, 0.25) is 0 Å². The first kappa shape index (κ1) is 18.4. The van der Waals surface area contributed by atoms with Crippen LogP contribution in [0, 0.1) is 5.92 Å². The monoisotopic (exact) mass is 383 g/mol. The average molecular weight is 384 g/mol. The van der Waals surface area contributed by atoms with Gasteiger partial charge in [0.2, 0.25) is 0 Å². The standard InChI is InChI=1S/C22H25NO3S/c1-26-22(17-4-2-3-5-17)11-10-15(6-9-21(24)25)12-18(22)16-7-8-19-20(13-16)27-14-23-19/h7-8,10-14,17-18H,2-6,9H2,1H3,(H,24,25). The van der Waals surface area contributed by atoms with Crippen LogP contribution in [0.4, 0.5) is 0 Å². The van der Waals surface area contributed by atoms with Gasteiger partial charge in [-0.3, -0.25) is 4.79 Å². The van der Waals surface area contributed by atoms with Gasteiger partial charge in [0.1, 0.15) is 0 Å². The Hall–Kier alpha value is -1.98. The number of carbonyl (C=O) groups is 1.